The second kappa shape index (κ2) is 21.6. The zero-order valence-corrected chi connectivity index (χ0v) is 40.7. The van der Waals surface area contributed by atoms with Gasteiger partial charge in [-0.15, -0.1) is 0 Å². The summed E-state index contributed by atoms with van der Waals surface area (Å²) in [5.74, 6) is -0.647. The first-order valence-corrected chi connectivity index (χ1v) is 24.6. The maximum atomic E-state index is 14.7. The fourth-order valence-corrected chi connectivity index (χ4v) is 10.8. The van der Waals surface area contributed by atoms with E-state index < -0.39 is 54.5 Å². The van der Waals surface area contributed by atoms with Gasteiger partial charge in [-0.25, -0.2) is 0 Å². The summed E-state index contributed by atoms with van der Waals surface area (Å²) >= 11 is 0. The Bertz CT molecular complexity index is 2240. The number of amides is 4. The van der Waals surface area contributed by atoms with Gasteiger partial charge in [0.2, 0.25) is 17.7 Å². The summed E-state index contributed by atoms with van der Waals surface area (Å²) in [6, 6.07) is 15.0. The van der Waals surface area contributed by atoms with Crippen molar-refractivity contribution in [3.63, 3.8) is 0 Å². The van der Waals surface area contributed by atoms with Gasteiger partial charge < -0.3 is 51.1 Å². The molecule has 1 saturated heterocycles. The van der Waals surface area contributed by atoms with Crippen molar-refractivity contribution in [1.82, 2.24) is 20.9 Å². The second-order valence-electron chi connectivity index (χ2n) is 20.0. The molecule has 0 aromatic heterocycles. The number of nitrogens with zero attached hydrogens (tertiary/aromatic N) is 1. The van der Waals surface area contributed by atoms with Gasteiger partial charge in [0.05, 0.1) is 17.6 Å². The van der Waals surface area contributed by atoms with Gasteiger partial charge in [-0.1, -0.05) is 77.1 Å². The minimum atomic E-state index is -1.19. The van der Waals surface area contributed by atoms with Crippen molar-refractivity contribution in [2.45, 2.75) is 142 Å². The van der Waals surface area contributed by atoms with Gasteiger partial charge in [0.1, 0.15) is 42.8 Å². The van der Waals surface area contributed by atoms with Crippen LogP contribution in [0.25, 0.3) is 11.1 Å². The van der Waals surface area contributed by atoms with Crippen LogP contribution < -0.4 is 36.9 Å². The van der Waals surface area contributed by atoms with E-state index >= 15 is 0 Å². The van der Waals surface area contributed by atoms with Gasteiger partial charge in [0, 0.05) is 43.2 Å². The first-order valence-electron chi connectivity index (χ1n) is 24.6. The maximum absolute atomic E-state index is 14.7. The molecule has 7 N–H and O–H groups in total. The van der Waals surface area contributed by atoms with E-state index in [1.165, 1.54) is 30.6 Å². The van der Waals surface area contributed by atoms with Crippen LogP contribution in [0.3, 0.4) is 0 Å². The third-order valence-corrected chi connectivity index (χ3v) is 15.0. The monoisotopic (exact) mass is 921 g/mol. The zero-order chi connectivity index (χ0) is 48.0. The van der Waals surface area contributed by atoms with Crippen LogP contribution in [-0.4, -0.2) is 98.7 Å². The van der Waals surface area contributed by atoms with Gasteiger partial charge in [-0.3, -0.25) is 19.2 Å². The first kappa shape index (κ1) is 49.9. The van der Waals surface area contributed by atoms with Crippen molar-refractivity contribution < 1.29 is 38.0 Å². The summed E-state index contributed by atoms with van der Waals surface area (Å²) in [6.07, 6.45) is 10.1. The molecule has 0 spiro atoms. The number of fused-ring (bicyclic) bond motifs is 5. The molecule has 3 aromatic rings. The number of hydrogen-bond donors (Lipinski definition) is 5. The van der Waals surface area contributed by atoms with Gasteiger partial charge in [0.25, 0.3) is 5.91 Å². The Balaban J connectivity index is 1.19. The molecule has 0 radical (unpaired) electrons. The molecule has 0 unspecified atom stereocenters. The van der Waals surface area contributed by atoms with E-state index in [0.29, 0.717) is 51.2 Å². The topological polar surface area (TPSA) is 197 Å². The fourth-order valence-electron chi connectivity index (χ4n) is 10.8. The Hall–Kier alpha value is -4.96. The molecular weight excluding hydrogens is 847 g/mol. The number of nitrogens with one attached hydrogen (secondary N) is 3. The summed E-state index contributed by atoms with van der Waals surface area (Å²) in [5, 5.41) is 8.90. The third-order valence-electron chi connectivity index (χ3n) is 15.0. The highest BCUT2D eigenvalue weighted by molar-refractivity contribution is 6.47. The number of benzene rings is 3. The zero-order valence-electron chi connectivity index (χ0n) is 40.7. The molecule has 15 heteroatoms. The van der Waals surface area contributed by atoms with Crippen LogP contribution in [0.5, 0.6) is 11.5 Å². The molecule has 4 fully saturated rings. The minimum Gasteiger partial charge on any atom is -0.492 e. The fraction of sp³-hybridized carbons (Fsp3) is 0.577. The molecule has 4 amide bonds. The molecule has 5 aliphatic rings. The van der Waals surface area contributed by atoms with E-state index in [2.05, 4.69) is 43.6 Å². The van der Waals surface area contributed by atoms with Crippen molar-refractivity contribution in [3.8, 4) is 22.6 Å². The number of aryl methyl sites for hydroxylation is 1. The summed E-state index contributed by atoms with van der Waals surface area (Å²) in [6.45, 7) is 13.3. The number of carbonyl (C=O) groups excluding carboxylic acids is 4. The van der Waals surface area contributed by atoms with Crippen molar-refractivity contribution in [2.75, 3.05) is 33.4 Å². The lowest BCUT2D eigenvalue weighted by Gasteiger charge is -2.64. The van der Waals surface area contributed by atoms with Crippen LogP contribution in [-0.2, 0) is 36.5 Å². The quantitative estimate of drug-likeness (QED) is 0.0739. The van der Waals surface area contributed by atoms with Crippen LogP contribution in [0, 0.1) is 17.3 Å². The standard InChI is InChI=1S/C52H73BN6O8/c1-8-9-10-11-12-13-14-34-15-18-36(19-16-34)50(63)59(7)46-37-20-22-43(65-26-24-55)40(29-37)39-27-35(17-21-42(39)64-25-23-54)28-41(58-47(60)32(2)56-49(46)62)48(61)57-33(3)53-66-45-31-38-30-44(51(38,4)5)52(45,6)67-53/h15-22,27,29,32-33,38,41,44-46H,8-14,23-26,28,30-31,54-55H2,1-7H3,(H,56,62)(H,57,61)(H,58,60)/t32-,33-,38-,41-,44-,45+,46-,52-/m0/s1. The average Bonchev–Trinajstić information content (AvgIpc) is 3.68. The normalized spacial score (nSPS) is 25.7. The second-order valence-corrected chi connectivity index (χ2v) is 20.0. The molecule has 6 bridgehead atoms. The molecule has 2 aliphatic heterocycles. The maximum Gasteiger partial charge on any atom is 0.481 e. The van der Waals surface area contributed by atoms with E-state index in [4.69, 9.17) is 30.2 Å². The lowest BCUT2D eigenvalue weighted by Crippen LogP contribution is -2.65. The lowest BCUT2D eigenvalue weighted by atomic mass is 9.43. The molecule has 3 aromatic carbocycles. The Morgan fingerprint density at radius 2 is 1.54 bits per heavy atom. The highest BCUT2D eigenvalue weighted by Gasteiger charge is 2.68. The first-order chi connectivity index (χ1) is 32.1. The van der Waals surface area contributed by atoms with Gasteiger partial charge in [-0.05, 0) is 117 Å². The van der Waals surface area contributed by atoms with Gasteiger partial charge >= 0.3 is 7.12 Å². The smallest absolute Gasteiger partial charge is 0.481 e. The molecule has 362 valence electrons. The molecule has 2 heterocycles. The van der Waals surface area contributed by atoms with Crippen LogP contribution in [0.2, 0.25) is 0 Å². The summed E-state index contributed by atoms with van der Waals surface area (Å²) < 4.78 is 25.6. The number of hydrogen-bond acceptors (Lipinski definition) is 10. The van der Waals surface area contributed by atoms with Crippen molar-refractivity contribution in [1.29, 1.82) is 0 Å². The van der Waals surface area contributed by atoms with Crippen molar-refractivity contribution in [3.05, 3.63) is 82.9 Å². The molecule has 8 atom stereocenters. The number of nitrogens with two attached hydrogens (primary N) is 2. The number of unbranched alkanes of at least 4 members (excludes halogenated alkanes) is 5. The van der Waals surface area contributed by atoms with E-state index in [0.717, 1.165) is 37.7 Å². The predicted octanol–water partition coefficient (Wildman–Crippen LogP) is 6.06. The Morgan fingerprint density at radius 3 is 2.21 bits per heavy atom. The Kier molecular flexibility index (Phi) is 16.1. The number of rotatable bonds is 18. The van der Waals surface area contributed by atoms with Gasteiger partial charge in [-0.2, -0.15) is 0 Å². The SMILES string of the molecule is CCCCCCCCc1ccc(C(=O)N(C)[C@@H]2C(=O)N[C@@H](C)C(=O)N[C@H](C(=O)N[C@@H](C)B3O[C@@H]4C[C@@H]5C[C@@H](C5(C)C)[C@]4(C)O3)Cc3ccc(OCCN)c(c3)-c3cc2ccc3OCCN)cc1. The largest absolute Gasteiger partial charge is 0.492 e. The molecule has 3 saturated carbocycles. The highest BCUT2D eigenvalue weighted by atomic mass is 16.7. The van der Waals surface area contributed by atoms with E-state index in [1.54, 1.807) is 44.3 Å². The van der Waals surface area contributed by atoms with E-state index in [1.807, 2.05) is 37.3 Å². The molecule has 67 heavy (non-hydrogen) atoms. The lowest BCUT2D eigenvalue weighted by molar-refractivity contribution is -0.199. The van der Waals surface area contributed by atoms with Crippen LogP contribution in [0.15, 0.2) is 60.7 Å². The van der Waals surface area contributed by atoms with Gasteiger partial charge in [0.15, 0.2) is 0 Å². The predicted molar refractivity (Wildman–Crippen MR) is 260 cm³/mol. The number of carbonyl (C=O) groups is 4. The van der Waals surface area contributed by atoms with Crippen LogP contribution in [0.1, 0.15) is 126 Å². The van der Waals surface area contributed by atoms with Crippen LogP contribution in [0.4, 0.5) is 0 Å². The van der Waals surface area contributed by atoms with Crippen LogP contribution >= 0.6 is 0 Å². The Labute approximate surface area is 397 Å². The Morgan fingerprint density at radius 1 is 0.881 bits per heavy atom. The van der Waals surface area contributed by atoms with E-state index in [-0.39, 0.29) is 50.2 Å². The summed E-state index contributed by atoms with van der Waals surface area (Å²) in [7, 11) is 0.906. The summed E-state index contributed by atoms with van der Waals surface area (Å²) in [5.41, 5.74) is 15.4. The van der Waals surface area contributed by atoms with E-state index in [9.17, 15) is 19.2 Å². The average molecular weight is 921 g/mol. The van der Waals surface area contributed by atoms with Crippen molar-refractivity contribution in [2.24, 2.45) is 28.7 Å². The third kappa shape index (κ3) is 10.9. The molecular formula is C52H73BN6O8. The molecule has 14 nitrogen and oxygen atoms in total. The van der Waals surface area contributed by atoms with Crippen molar-refractivity contribution >= 4 is 30.7 Å². The molecule has 3 aliphatic carbocycles. The minimum absolute atomic E-state index is 0.0683. The highest BCUT2D eigenvalue weighted by Crippen LogP contribution is 2.65. The number of likely N-dealkylation sites (N-methyl/N-ethyl adjacent to an activating group) is 1. The molecule has 8 rings (SSSR count). The summed E-state index contributed by atoms with van der Waals surface area (Å²) in [4.78, 5) is 59.0. The number of ether oxygens (including phenoxy) is 2.